The molecule has 2 aromatic carbocycles. The summed E-state index contributed by atoms with van der Waals surface area (Å²) in [7, 11) is 0. The van der Waals surface area contributed by atoms with Crippen molar-refractivity contribution in [3.8, 4) is 0 Å². The fourth-order valence-corrected chi connectivity index (χ4v) is 3.25. The average Bonchev–Trinajstić information content (AvgIpc) is 2.68. The van der Waals surface area contributed by atoms with Crippen LogP contribution in [0.15, 0.2) is 60.7 Å². The van der Waals surface area contributed by atoms with E-state index in [9.17, 15) is 0 Å². The molecule has 1 heterocycles. The summed E-state index contributed by atoms with van der Waals surface area (Å²) in [5.74, 6) is 0. The van der Waals surface area contributed by atoms with Crippen molar-refractivity contribution in [3.05, 3.63) is 71.8 Å². The van der Waals surface area contributed by atoms with E-state index >= 15 is 0 Å². The van der Waals surface area contributed by atoms with Crippen LogP contribution in [0.4, 0.5) is 0 Å². The highest BCUT2D eigenvalue weighted by molar-refractivity contribution is 5.18. The van der Waals surface area contributed by atoms with Crippen LogP contribution >= 0.6 is 0 Å². The maximum Gasteiger partial charge on any atom is 0.158 e. The lowest BCUT2D eigenvalue weighted by molar-refractivity contribution is -0.187. The van der Waals surface area contributed by atoms with Crippen molar-refractivity contribution in [2.45, 2.75) is 51.0 Å². The molecular formula is C22H29NO2. The topological polar surface area (TPSA) is 30.5 Å². The van der Waals surface area contributed by atoms with Gasteiger partial charge in [-0.05, 0) is 43.7 Å². The molecule has 0 radical (unpaired) electrons. The molecule has 134 valence electrons. The normalized spacial score (nSPS) is 20.1. The molecule has 0 saturated carbocycles. The van der Waals surface area contributed by atoms with Gasteiger partial charge in [0.1, 0.15) is 0 Å². The van der Waals surface area contributed by atoms with Crippen molar-refractivity contribution < 1.29 is 9.47 Å². The van der Waals surface area contributed by atoms with Crippen LogP contribution in [-0.4, -0.2) is 25.5 Å². The van der Waals surface area contributed by atoms with Gasteiger partial charge in [-0.25, -0.2) is 0 Å². The molecule has 1 unspecified atom stereocenters. The average molecular weight is 339 g/mol. The van der Waals surface area contributed by atoms with E-state index in [0.717, 1.165) is 32.4 Å². The molecule has 1 N–H and O–H groups in total. The molecule has 1 fully saturated rings. The number of rotatable bonds is 8. The van der Waals surface area contributed by atoms with Gasteiger partial charge in [0.15, 0.2) is 6.29 Å². The van der Waals surface area contributed by atoms with Crippen LogP contribution in [-0.2, 0) is 15.9 Å². The third-order valence-corrected chi connectivity index (χ3v) is 4.74. The predicted octanol–water partition coefficient (Wildman–Crippen LogP) is 4.49. The Bertz CT molecular complexity index is 596. The van der Waals surface area contributed by atoms with Crippen molar-refractivity contribution in [2.24, 2.45) is 0 Å². The second-order valence-electron chi connectivity index (χ2n) is 6.78. The zero-order chi connectivity index (χ0) is 17.3. The lowest BCUT2D eigenvalue weighted by atomic mass is 10.1. The largest absolute Gasteiger partial charge is 0.353 e. The Hall–Kier alpha value is -1.68. The maximum atomic E-state index is 6.30. The molecule has 3 rings (SSSR count). The third kappa shape index (κ3) is 5.96. The van der Waals surface area contributed by atoms with Gasteiger partial charge in [0.25, 0.3) is 0 Å². The summed E-state index contributed by atoms with van der Waals surface area (Å²) in [5, 5.41) is 3.63. The van der Waals surface area contributed by atoms with Crippen LogP contribution in [0.25, 0.3) is 0 Å². The first-order valence-electron chi connectivity index (χ1n) is 9.40. The monoisotopic (exact) mass is 339 g/mol. The summed E-state index contributed by atoms with van der Waals surface area (Å²) in [6.45, 7) is 3.83. The number of ether oxygens (including phenoxy) is 2. The molecule has 3 heteroatoms. The molecule has 3 atom stereocenters. The first-order valence-corrected chi connectivity index (χ1v) is 9.40. The van der Waals surface area contributed by atoms with E-state index in [4.69, 9.17) is 9.47 Å². The molecule has 3 nitrogen and oxygen atoms in total. The molecule has 0 aliphatic carbocycles. The Labute approximate surface area is 151 Å². The second kappa shape index (κ2) is 9.71. The highest BCUT2D eigenvalue weighted by atomic mass is 16.7. The summed E-state index contributed by atoms with van der Waals surface area (Å²) < 4.78 is 12.1. The van der Waals surface area contributed by atoms with Crippen LogP contribution in [0.1, 0.15) is 43.4 Å². The Morgan fingerprint density at radius 2 is 1.76 bits per heavy atom. The molecule has 0 amide bonds. The van der Waals surface area contributed by atoms with Crippen LogP contribution in [0.3, 0.4) is 0 Å². The molecule has 0 spiro atoms. The maximum absolute atomic E-state index is 6.30. The molecule has 1 aliphatic rings. The molecule has 1 aliphatic heterocycles. The summed E-state index contributed by atoms with van der Waals surface area (Å²) in [6.07, 6.45) is 4.28. The number of hydrogen-bond acceptors (Lipinski definition) is 3. The molecule has 0 bridgehead atoms. The molecule has 1 saturated heterocycles. The van der Waals surface area contributed by atoms with Gasteiger partial charge in [-0.3, -0.25) is 0 Å². The number of benzene rings is 2. The first kappa shape index (κ1) is 18.1. The van der Waals surface area contributed by atoms with E-state index in [2.05, 4.69) is 72.9 Å². The van der Waals surface area contributed by atoms with Gasteiger partial charge in [0.2, 0.25) is 0 Å². The predicted molar refractivity (Wildman–Crippen MR) is 101 cm³/mol. The van der Waals surface area contributed by atoms with Crippen molar-refractivity contribution in [1.29, 1.82) is 0 Å². The van der Waals surface area contributed by atoms with Crippen molar-refractivity contribution in [3.63, 3.8) is 0 Å². The molecule has 0 aromatic heterocycles. The zero-order valence-corrected chi connectivity index (χ0v) is 15.1. The highest BCUT2D eigenvalue weighted by Crippen LogP contribution is 2.18. The summed E-state index contributed by atoms with van der Waals surface area (Å²) in [5.41, 5.74) is 2.60. The van der Waals surface area contributed by atoms with Gasteiger partial charge in [-0.1, -0.05) is 60.7 Å². The summed E-state index contributed by atoms with van der Waals surface area (Å²) >= 11 is 0. The Kier molecular flexibility index (Phi) is 7.04. The minimum absolute atomic E-state index is 0.0590. The fraction of sp³-hybridized carbons (Fsp3) is 0.455. The van der Waals surface area contributed by atoms with E-state index in [1.54, 1.807) is 0 Å². The van der Waals surface area contributed by atoms with E-state index in [-0.39, 0.29) is 12.4 Å². The van der Waals surface area contributed by atoms with Gasteiger partial charge < -0.3 is 14.8 Å². The minimum atomic E-state index is -0.0590. The van der Waals surface area contributed by atoms with Gasteiger partial charge in [-0.2, -0.15) is 0 Å². The number of hydrogen-bond donors (Lipinski definition) is 1. The lowest BCUT2D eigenvalue weighted by Gasteiger charge is -2.29. The minimum Gasteiger partial charge on any atom is -0.353 e. The van der Waals surface area contributed by atoms with Crippen LogP contribution in [0.2, 0.25) is 0 Å². The lowest BCUT2D eigenvalue weighted by Crippen LogP contribution is -2.37. The summed E-state index contributed by atoms with van der Waals surface area (Å²) in [6, 6.07) is 21.4. The molecule has 25 heavy (non-hydrogen) atoms. The second-order valence-corrected chi connectivity index (χ2v) is 6.78. The van der Waals surface area contributed by atoms with Crippen LogP contribution in [0.5, 0.6) is 0 Å². The fourth-order valence-electron chi connectivity index (χ4n) is 3.25. The third-order valence-electron chi connectivity index (χ3n) is 4.74. The molecule has 2 aromatic rings. The Balaban J connectivity index is 1.58. The molecular weight excluding hydrogens is 310 g/mol. The Morgan fingerprint density at radius 3 is 2.44 bits per heavy atom. The van der Waals surface area contributed by atoms with Crippen LogP contribution in [0, 0.1) is 0 Å². The van der Waals surface area contributed by atoms with Crippen LogP contribution < -0.4 is 5.32 Å². The highest BCUT2D eigenvalue weighted by Gasteiger charge is 2.21. The quantitative estimate of drug-likeness (QED) is 0.768. The van der Waals surface area contributed by atoms with E-state index in [1.807, 2.05) is 0 Å². The van der Waals surface area contributed by atoms with E-state index in [1.165, 1.54) is 17.5 Å². The van der Waals surface area contributed by atoms with Gasteiger partial charge in [0.05, 0.1) is 6.10 Å². The van der Waals surface area contributed by atoms with Gasteiger partial charge in [0, 0.05) is 19.2 Å². The Morgan fingerprint density at radius 1 is 1.04 bits per heavy atom. The van der Waals surface area contributed by atoms with Crippen molar-refractivity contribution in [1.82, 2.24) is 5.32 Å². The standard InChI is InChI=1S/C22H29NO2/c1-18(20-12-6-3-7-13-20)23-17-21(16-19-10-4-2-5-11-19)25-22-14-8-9-15-24-22/h2-7,10-13,18,21-23H,8-9,14-17H2,1H3/t18-,21+,22?/m1/s1. The number of nitrogens with one attached hydrogen (secondary N) is 1. The SMILES string of the molecule is C[C@@H](NC[C@H](Cc1ccccc1)OC1CCCCO1)c1ccccc1. The summed E-state index contributed by atoms with van der Waals surface area (Å²) in [4.78, 5) is 0. The van der Waals surface area contributed by atoms with E-state index in [0.29, 0.717) is 6.04 Å². The first-order chi connectivity index (χ1) is 12.3. The van der Waals surface area contributed by atoms with Crippen molar-refractivity contribution >= 4 is 0 Å². The smallest absolute Gasteiger partial charge is 0.158 e. The zero-order valence-electron chi connectivity index (χ0n) is 15.1. The van der Waals surface area contributed by atoms with Crippen molar-refractivity contribution in [2.75, 3.05) is 13.2 Å². The van der Waals surface area contributed by atoms with E-state index < -0.39 is 0 Å². The van der Waals surface area contributed by atoms with Gasteiger partial charge in [-0.15, -0.1) is 0 Å². The van der Waals surface area contributed by atoms with Gasteiger partial charge >= 0.3 is 0 Å².